The summed E-state index contributed by atoms with van der Waals surface area (Å²) in [5.41, 5.74) is 0.527. The molecule has 0 spiro atoms. The van der Waals surface area contributed by atoms with Gasteiger partial charge in [-0.2, -0.15) is 13.2 Å². The normalized spacial score (nSPS) is 31.2. The Morgan fingerprint density at radius 1 is 1.00 bits per heavy atom. The van der Waals surface area contributed by atoms with Gasteiger partial charge in [-0.05, 0) is 61.4 Å². The van der Waals surface area contributed by atoms with Crippen molar-refractivity contribution in [2.24, 2.45) is 11.8 Å². The predicted octanol–water partition coefficient (Wildman–Crippen LogP) is 3.81. The van der Waals surface area contributed by atoms with E-state index in [0.29, 0.717) is 17.8 Å². The molecule has 0 aromatic heterocycles. The van der Waals surface area contributed by atoms with Crippen LogP contribution in [0.15, 0.2) is 24.3 Å². The third-order valence-corrected chi connectivity index (χ3v) is 4.67. The Morgan fingerprint density at radius 2 is 1.74 bits per heavy atom. The Morgan fingerprint density at radius 3 is 2.42 bits per heavy atom. The second kappa shape index (κ2) is 4.82. The van der Waals surface area contributed by atoms with Crippen molar-refractivity contribution in [3.05, 3.63) is 35.4 Å². The zero-order valence-electron chi connectivity index (χ0n) is 10.7. The van der Waals surface area contributed by atoms with Crippen LogP contribution in [0.2, 0.25) is 0 Å². The third kappa shape index (κ3) is 2.50. The van der Waals surface area contributed by atoms with Crippen molar-refractivity contribution < 1.29 is 13.2 Å². The summed E-state index contributed by atoms with van der Waals surface area (Å²) < 4.78 is 37.7. The Kier molecular flexibility index (Phi) is 3.29. The summed E-state index contributed by atoms with van der Waals surface area (Å²) in [6, 6.07) is 5.80. The Hall–Kier alpha value is -1.03. The zero-order valence-corrected chi connectivity index (χ0v) is 10.7. The smallest absolute Gasteiger partial charge is 0.316 e. The fourth-order valence-electron chi connectivity index (χ4n) is 3.69. The largest absolute Gasteiger partial charge is 0.416 e. The van der Waals surface area contributed by atoms with Crippen LogP contribution in [-0.2, 0) is 6.18 Å². The van der Waals surface area contributed by atoms with Crippen LogP contribution in [0.4, 0.5) is 13.2 Å². The van der Waals surface area contributed by atoms with E-state index in [9.17, 15) is 13.2 Å². The highest BCUT2D eigenvalue weighted by Crippen LogP contribution is 2.43. The Bertz CT molecular complexity index is 438. The molecule has 1 aromatic rings. The van der Waals surface area contributed by atoms with E-state index in [1.165, 1.54) is 25.0 Å². The van der Waals surface area contributed by atoms with E-state index in [4.69, 9.17) is 0 Å². The maximum atomic E-state index is 12.6. The molecule has 3 atom stereocenters. The molecule has 1 aromatic carbocycles. The van der Waals surface area contributed by atoms with Gasteiger partial charge in [0.25, 0.3) is 0 Å². The highest BCUT2D eigenvalue weighted by atomic mass is 19.4. The van der Waals surface area contributed by atoms with Gasteiger partial charge in [-0.15, -0.1) is 0 Å². The topological polar surface area (TPSA) is 12.0 Å². The van der Waals surface area contributed by atoms with Crippen molar-refractivity contribution in [2.75, 3.05) is 13.1 Å². The molecule has 1 nitrogen and oxygen atoms in total. The molecule has 19 heavy (non-hydrogen) atoms. The van der Waals surface area contributed by atoms with Crippen LogP contribution in [0.3, 0.4) is 0 Å². The van der Waals surface area contributed by atoms with E-state index in [2.05, 4.69) is 5.32 Å². The second-order valence-electron chi connectivity index (χ2n) is 5.74. The van der Waals surface area contributed by atoms with Crippen LogP contribution in [0.1, 0.15) is 36.3 Å². The van der Waals surface area contributed by atoms with Crippen molar-refractivity contribution in [1.29, 1.82) is 0 Å². The van der Waals surface area contributed by atoms with E-state index in [1.807, 2.05) is 0 Å². The second-order valence-corrected chi connectivity index (χ2v) is 5.74. The quantitative estimate of drug-likeness (QED) is 0.817. The van der Waals surface area contributed by atoms with Crippen molar-refractivity contribution in [3.63, 3.8) is 0 Å². The van der Waals surface area contributed by atoms with Crippen molar-refractivity contribution >= 4 is 0 Å². The first kappa shape index (κ1) is 13.0. The molecule has 2 fully saturated rings. The summed E-state index contributed by atoms with van der Waals surface area (Å²) in [6.07, 6.45) is -0.680. The van der Waals surface area contributed by atoms with Crippen LogP contribution in [-0.4, -0.2) is 13.1 Å². The summed E-state index contributed by atoms with van der Waals surface area (Å²) >= 11 is 0. The van der Waals surface area contributed by atoms with Gasteiger partial charge >= 0.3 is 6.18 Å². The summed E-state index contributed by atoms with van der Waals surface area (Å²) in [5.74, 6) is 1.74. The highest BCUT2D eigenvalue weighted by molar-refractivity contribution is 5.28. The number of hydrogen-bond donors (Lipinski definition) is 1. The molecule has 0 amide bonds. The number of alkyl halides is 3. The van der Waals surface area contributed by atoms with E-state index in [0.717, 1.165) is 25.1 Å². The molecular weight excluding hydrogens is 251 g/mol. The molecule has 0 radical (unpaired) electrons. The van der Waals surface area contributed by atoms with Gasteiger partial charge in [-0.1, -0.05) is 18.6 Å². The fraction of sp³-hybridized carbons (Fsp3) is 0.600. The lowest BCUT2D eigenvalue weighted by Gasteiger charge is -2.33. The molecule has 104 valence electrons. The zero-order chi connectivity index (χ0) is 13.5. The molecule has 2 aliphatic rings. The van der Waals surface area contributed by atoms with Gasteiger partial charge in [0.05, 0.1) is 5.56 Å². The highest BCUT2D eigenvalue weighted by Gasteiger charge is 2.37. The van der Waals surface area contributed by atoms with Gasteiger partial charge in [0, 0.05) is 0 Å². The van der Waals surface area contributed by atoms with Crippen molar-refractivity contribution in [1.82, 2.24) is 5.32 Å². The maximum absolute atomic E-state index is 12.6. The van der Waals surface area contributed by atoms with Gasteiger partial charge in [-0.25, -0.2) is 0 Å². The first-order valence-electron chi connectivity index (χ1n) is 6.93. The number of nitrogens with one attached hydrogen (secondary N) is 1. The van der Waals surface area contributed by atoms with Gasteiger partial charge in [-0.3, -0.25) is 0 Å². The number of halogens is 3. The van der Waals surface area contributed by atoms with Crippen molar-refractivity contribution in [2.45, 2.75) is 31.4 Å². The molecule has 1 aliphatic heterocycles. The molecule has 0 unspecified atom stereocenters. The monoisotopic (exact) mass is 269 g/mol. The molecule has 3 rings (SSSR count). The third-order valence-electron chi connectivity index (χ3n) is 4.67. The average Bonchev–Trinajstić information content (AvgIpc) is 2.86. The van der Waals surface area contributed by atoms with E-state index in [1.54, 1.807) is 12.1 Å². The Labute approximate surface area is 111 Å². The first-order valence-corrected chi connectivity index (χ1v) is 6.93. The minimum Gasteiger partial charge on any atom is -0.316 e. The van der Waals surface area contributed by atoms with Gasteiger partial charge < -0.3 is 5.32 Å². The SMILES string of the molecule is FC(F)(F)c1ccc([C@H]2CCC[C@@H]3CNC[C@H]32)cc1. The summed E-state index contributed by atoms with van der Waals surface area (Å²) in [7, 11) is 0. The van der Waals surface area contributed by atoms with E-state index in [-0.39, 0.29) is 0 Å². The molecule has 4 heteroatoms. The number of benzene rings is 1. The van der Waals surface area contributed by atoms with Crippen molar-refractivity contribution in [3.8, 4) is 0 Å². The van der Waals surface area contributed by atoms with Gasteiger partial charge in [0.2, 0.25) is 0 Å². The van der Waals surface area contributed by atoms with E-state index < -0.39 is 11.7 Å². The average molecular weight is 269 g/mol. The number of fused-ring (bicyclic) bond motifs is 1. The lowest BCUT2D eigenvalue weighted by atomic mass is 9.71. The minimum absolute atomic E-state index is 0.427. The van der Waals surface area contributed by atoms with Crippen LogP contribution in [0, 0.1) is 11.8 Å². The molecule has 0 bridgehead atoms. The van der Waals surface area contributed by atoms with Crippen LogP contribution in [0.5, 0.6) is 0 Å². The molecule has 1 saturated carbocycles. The van der Waals surface area contributed by atoms with Crippen LogP contribution in [0.25, 0.3) is 0 Å². The minimum atomic E-state index is -4.23. The molecule has 1 aliphatic carbocycles. The van der Waals surface area contributed by atoms with Gasteiger partial charge in [0.15, 0.2) is 0 Å². The predicted molar refractivity (Wildman–Crippen MR) is 67.9 cm³/mol. The summed E-state index contributed by atoms with van der Waals surface area (Å²) in [5, 5.41) is 3.42. The lowest BCUT2D eigenvalue weighted by molar-refractivity contribution is -0.137. The van der Waals surface area contributed by atoms with Gasteiger partial charge in [0.1, 0.15) is 0 Å². The fourth-order valence-corrected chi connectivity index (χ4v) is 3.69. The molecule has 1 N–H and O–H groups in total. The maximum Gasteiger partial charge on any atom is 0.416 e. The molecule has 1 heterocycles. The first-order chi connectivity index (χ1) is 9.05. The Balaban J connectivity index is 1.82. The summed E-state index contributed by atoms with van der Waals surface area (Å²) in [6.45, 7) is 2.08. The van der Waals surface area contributed by atoms with Crippen LogP contribution >= 0.6 is 0 Å². The molecular formula is C15H18F3N. The lowest BCUT2D eigenvalue weighted by Crippen LogP contribution is -2.25. The van der Waals surface area contributed by atoms with E-state index >= 15 is 0 Å². The summed E-state index contributed by atoms with van der Waals surface area (Å²) in [4.78, 5) is 0. The number of hydrogen-bond acceptors (Lipinski definition) is 1. The van der Waals surface area contributed by atoms with Crippen LogP contribution < -0.4 is 5.32 Å². The molecule has 1 saturated heterocycles. The standard InChI is InChI=1S/C15H18F3N/c16-15(17,18)12-6-4-10(5-7-12)13-3-1-2-11-8-19-9-14(11)13/h4-7,11,13-14,19H,1-3,8-9H2/t11-,13-,14-/m1/s1. The number of rotatable bonds is 1.